The molecule has 3 nitrogen and oxygen atoms in total. The van der Waals surface area contributed by atoms with Crippen LogP contribution in [0.5, 0.6) is 0 Å². The van der Waals surface area contributed by atoms with Crippen LogP contribution in [-0.4, -0.2) is 9.97 Å². The van der Waals surface area contributed by atoms with E-state index in [4.69, 9.17) is 11.6 Å². The van der Waals surface area contributed by atoms with Gasteiger partial charge in [0.2, 0.25) is 0 Å². The molecule has 0 atom stereocenters. The van der Waals surface area contributed by atoms with Crippen molar-refractivity contribution >= 4 is 22.5 Å². The van der Waals surface area contributed by atoms with E-state index in [1.165, 1.54) is 6.07 Å². The zero-order chi connectivity index (χ0) is 20.8. The van der Waals surface area contributed by atoms with Gasteiger partial charge in [-0.3, -0.25) is 4.79 Å². The van der Waals surface area contributed by atoms with E-state index in [1.54, 1.807) is 42.5 Å². The number of hydrogen-bond donors (Lipinski definition) is 1. The number of nitrogens with one attached hydrogen (secondary N) is 1. The number of hydrogen-bond acceptors (Lipinski definition) is 2. The van der Waals surface area contributed by atoms with Gasteiger partial charge < -0.3 is 4.98 Å². The lowest BCUT2D eigenvalue weighted by molar-refractivity contribution is -0.139. The van der Waals surface area contributed by atoms with Gasteiger partial charge in [-0.25, -0.2) is 9.37 Å². The normalized spacial score (nSPS) is 11.8. The lowest BCUT2D eigenvalue weighted by Crippen LogP contribution is -2.09. The molecule has 0 radical (unpaired) electrons. The fraction of sp³-hybridized carbons (Fsp3) is 0.0476. The second kappa shape index (κ2) is 7.00. The van der Waals surface area contributed by atoms with Crippen LogP contribution >= 0.6 is 11.6 Å². The highest BCUT2D eigenvalue weighted by Gasteiger charge is 2.33. The number of benzene rings is 3. The molecule has 0 unspecified atom stereocenters. The molecule has 0 amide bonds. The van der Waals surface area contributed by atoms with Gasteiger partial charge in [-0.05, 0) is 41.5 Å². The summed E-state index contributed by atoms with van der Waals surface area (Å²) in [4.78, 5) is 19.4. The lowest BCUT2D eigenvalue weighted by atomic mass is 10.0. The van der Waals surface area contributed by atoms with Crippen molar-refractivity contribution in [3.63, 3.8) is 0 Å². The number of rotatable bonds is 2. The molecule has 4 aromatic rings. The Bertz CT molecular complexity index is 1300. The van der Waals surface area contributed by atoms with Crippen molar-refractivity contribution in [3.05, 3.63) is 87.4 Å². The Morgan fingerprint density at radius 2 is 1.59 bits per heavy atom. The number of H-pyrrole nitrogens is 1. The first-order valence-corrected chi connectivity index (χ1v) is 8.78. The molecule has 1 aromatic heterocycles. The van der Waals surface area contributed by atoms with Crippen molar-refractivity contribution in [1.29, 1.82) is 0 Å². The fourth-order valence-corrected chi connectivity index (χ4v) is 3.25. The number of aromatic amines is 1. The molecular weight excluding hydrogens is 408 g/mol. The van der Waals surface area contributed by atoms with Gasteiger partial charge in [0.05, 0.1) is 21.5 Å². The molecule has 0 fully saturated rings. The maximum atomic E-state index is 13.9. The van der Waals surface area contributed by atoms with E-state index in [-0.39, 0.29) is 16.9 Å². The molecule has 1 heterocycles. The van der Waals surface area contributed by atoms with Crippen LogP contribution in [0.3, 0.4) is 0 Å². The largest absolute Gasteiger partial charge is 0.419 e. The van der Waals surface area contributed by atoms with E-state index in [0.29, 0.717) is 33.1 Å². The van der Waals surface area contributed by atoms with Crippen LogP contribution in [0.25, 0.3) is 33.4 Å². The predicted molar refractivity (Wildman–Crippen MR) is 103 cm³/mol. The molecule has 0 bridgehead atoms. The number of para-hydroxylation sites is 1. The van der Waals surface area contributed by atoms with Crippen molar-refractivity contribution in [3.8, 4) is 22.5 Å². The van der Waals surface area contributed by atoms with Gasteiger partial charge in [0.1, 0.15) is 11.6 Å². The zero-order valence-corrected chi connectivity index (χ0v) is 15.3. The summed E-state index contributed by atoms with van der Waals surface area (Å²) < 4.78 is 52.3. The van der Waals surface area contributed by atoms with Crippen LogP contribution in [0.4, 0.5) is 17.6 Å². The summed E-state index contributed by atoms with van der Waals surface area (Å²) >= 11 is 6.14. The van der Waals surface area contributed by atoms with Crippen molar-refractivity contribution in [2.24, 2.45) is 0 Å². The topological polar surface area (TPSA) is 45.8 Å². The second-order valence-corrected chi connectivity index (χ2v) is 6.73. The molecule has 1 N–H and O–H groups in total. The molecule has 0 aliphatic carbocycles. The van der Waals surface area contributed by atoms with Crippen LogP contribution < -0.4 is 5.56 Å². The summed E-state index contributed by atoms with van der Waals surface area (Å²) in [6, 6.07) is 14.1. The first-order chi connectivity index (χ1) is 13.7. The van der Waals surface area contributed by atoms with E-state index in [0.717, 1.165) is 6.07 Å². The molecule has 0 aliphatic rings. The number of aromatic nitrogens is 2. The maximum Gasteiger partial charge on any atom is 0.419 e. The molecule has 3 aromatic carbocycles. The number of alkyl halides is 3. The van der Waals surface area contributed by atoms with Gasteiger partial charge in [-0.2, -0.15) is 13.2 Å². The average Bonchev–Trinajstić information content (AvgIpc) is 2.68. The Balaban J connectivity index is 1.81. The van der Waals surface area contributed by atoms with E-state index < -0.39 is 17.6 Å². The molecular formula is C21H11ClF4N2O. The Morgan fingerprint density at radius 3 is 2.31 bits per heavy atom. The van der Waals surface area contributed by atoms with Crippen molar-refractivity contribution < 1.29 is 17.6 Å². The monoisotopic (exact) mass is 418 g/mol. The average molecular weight is 419 g/mol. The predicted octanol–water partition coefficient (Wildman–Crippen LogP) is 6.07. The van der Waals surface area contributed by atoms with E-state index in [9.17, 15) is 22.4 Å². The third-order valence-electron chi connectivity index (χ3n) is 4.43. The molecule has 4 rings (SSSR count). The van der Waals surface area contributed by atoms with Crippen molar-refractivity contribution in [2.75, 3.05) is 0 Å². The summed E-state index contributed by atoms with van der Waals surface area (Å²) in [6.07, 6.45) is -4.77. The summed E-state index contributed by atoms with van der Waals surface area (Å²) in [5.74, 6) is -1.12. The Labute approximate surface area is 166 Å². The van der Waals surface area contributed by atoms with Gasteiger partial charge in [0, 0.05) is 5.56 Å². The number of halogens is 5. The highest BCUT2D eigenvalue weighted by Crippen LogP contribution is 2.34. The molecule has 146 valence electrons. The summed E-state index contributed by atoms with van der Waals surface area (Å²) in [5.41, 5.74) is -0.137. The first kappa shape index (κ1) is 19.1. The smallest absolute Gasteiger partial charge is 0.306 e. The Kier molecular flexibility index (Phi) is 4.62. The number of fused-ring (bicyclic) bond motifs is 1. The highest BCUT2D eigenvalue weighted by atomic mass is 35.5. The third kappa shape index (κ3) is 3.61. The van der Waals surface area contributed by atoms with Crippen LogP contribution in [0.15, 0.2) is 65.5 Å². The minimum atomic E-state index is -4.77. The molecule has 8 heteroatoms. The minimum Gasteiger partial charge on any atom is -0.306 e. The number of nitrogens with zero attached hydrogens (tertiary/aromatic N) is 1. The summed E-state index contributed by atoms with van der Waals surface area (Å²) in [7, 11) is 0. The Morgan fingerprint density at radius 1 is 0.897 bits per heavy atom. The fourth-order valence-electron chi connectivity index (χ4n) is 3.03. The lowest BCUT2D eigenvalue weighted by Gasteiger charge is -2.10. The van der Waals surface area contributed by atoms with Crippen LogP contribution in [0.1, 0.15) is 5.56 Å². The molecule has 0 spiro atoms. The van der Waals surface area contributed by atoms with Gasteiger partial charge in [0.15, 0.2) is 0 Å². The van der Waals surface area contributed by atoms with Gasteiger partial charge in [-0.1, -0.05) is 41.9 Å². The van der Waals surface area contributed by atoms with Crippen LogP contribution in [0.2, 0.25) is 5.02 Å². The third-order valence-corrected chi connectivity index (χ3v) is 4.74. The van der Waals surface area contributed by atoms with E-state index >= 15 is 0 Å². The maximum absolute atomic E-state index is 13.9. The molecule has 0 saturated heterocycles. The van der Waals surface area contributed by atoms with E-state index in [2.05, 4.69) is 9.97 Å². The van der Waals surface area contributed by atoms with Crippen molar-refractivity contribution in [2.45, 2.75) is 6.18 Å². The van der Waals surface area contributed by atoms with Crippen molar-refractivity contribution in [1.82, 2.24) is 9.97 Å². The summed E-state index contributed by atoms with van der Waals surface area (Å²) in [6.45, 7) is 0. The Hall–Kier alpha value is -3.19. The van der Waals surface area contributed by atoms with Crippen LogP contribution in [0, 0.1) is 5.82 Å². The first-order valence-electron chi connectivity index (χ1n) is 8.40. The summed E-state index contributed by atoms with van der Waals surface area (Å²) in [5, 5.41) is 0.651. The molecule has 29 heavy (non-hydrogen) atoms. The minimum absolute atomic E-state index is 0.241. The quantitative estimate of drug-likeness (QED) is 0.402. The SMILES string of the molecule is O=c1[nH]c(-c2cccc(-c3ccc(C(F)(F)F)c(F)c3)c2)nc2c(Cl)cccc12. The van der Waals surface area contributed by atoms with Gasteiger partial charge >= 0.3 is 6.18 Å². The van der Waals surface area contributed by atoms with Gasteiger partial charge in [0.25, 0.3) is 5.56 Å². The molecule has 0 aliphatic heterocycles. The van der Waals surface area contributed by atoms with E-state index in [1.807, 2.05) is 0 Å². The standard InChI is InChI=1S/C21H11ClF4N2O/c22-16-6-2-5-14-18(16)27-19(28-20(14)29)13-4-1-3-11(9-13)12-7-8-15(17(23)10-12)21(24,25)26/h1-10H,(H,27,28,29). The highest BCUT2D eigenvalue weighted by molar-refractivity contribution is 6.35. The second-order valence-electron chi connectivity index (χ2n) is 6.32. The molecule has 0 saturated carbocycles. The van der Waals surface area contributed by atoms with Crippen LogP contribution in [-0.2, 0) is 6.18 Å². The van der Waals surface area contributed by atoms with Gasteiger partial charge in [-0.15, -0.1) is 0 Å². The zero-order valence-electron chi connectivity index (χ0n) is 14.5.